The molecule has 0 saturated carbocycles. The molecule has 1 heterocycles. The van der Waals surface area contributed by atoms with Gasteiger partial charge in [0, 0.05) is 24.8 Å². The molecule has 1 aromatic heterocycles. The van der Waals surface area contributed by atoms with Gasteiger partial charge in [-0.05, 0) is 13.3 Å². The molecular formula is C10H17N3O2. The summed E-state index contributed by atoms with van der Waals surface area (Å²) in [7, 11) is 0. The van der Waals surface area contributed by atoms with Crippen LogP contribution in [-0.4, -0.2) is 26.9 Å². The van der Waals surface area contributed by atoms with Crippen LogP contribution in [0.5, 0.6) is 0 Å². The van der Waals surface area contributed by atoms with Gasteiger partial charge in [-0.15, -0.1) is 0 Å². The highest BCUT2D eigenvalue weighted by Gasteiger charge is 2.09. The summed E-state index contributed by atoms with van der Waals surface area (Å²) in [5, 5.41) is 15.7. The van der Waals surface area contributed by atoms with E-state index >= 15 is 0 Å². The van der Waals surface area contributed by atoms with E-state index in [9.17, 15) is 4.79 Å². The fourth-order valence-electron chi connectivity index (χ4n) is 1.21. The van der Waals surface area contributed by atoms with Gasteiger partial charge >= 0.3 is 5.97 Å². The van der Waals surface area contributed by atoms with Crippen LogP contribution in [0.4, 0.5) is 0 Å². The molecule has 1 atom stereocenters. The number of rotatable bonds is 6. The van der Waals surface area contributed by atoms with E-state index in [2.05, 4.69) is 17.3 Å². The lowest BCUT2D eigenvalue weighted by atomic mass is 10.3. The SMILES string of the molecule is CCCn1cc(CNC(C)C(=O)O)cn1. The van der Waals surface area contributed by atoms with Gasteiger partial charge in [0.2, 0.25) is 0 Å². The number of nitrogens with one attached hydrogen (secondary N) is 1. The maximum atomic E-state index is 10.5. The van der Waals surface area contributed by atoms with Gasteiger partial charge in [-0.1, -0.05) is 6.92 Å². The number of aromatic nitrogens is 2. The second-order valence-corrected chi connectivity index (χ2v) is 3.55. The molecule has 1 unspecified atom stereocenters. The lowest BCUT2D eigenvalue weighted by Crippen LogP contribution is -2.32. The Hall–Kier alpha value is -1.36. The minimum atomic E-state index is -0.837. The first-order chi connectivity index (χ1) is 7.13. The third-order valence-electron chi connectivity index (χ3n) is 2.12. The Bertz CT molecular complexity index is 322. The molecule has 0 fully saturated rings. The predicted octanol–water partition coefficient (Wildman–Crippen LogP) is 0.856. The summed E-state index contributed by atoms with van der Waals surface area (Å²) in [6.45, 7) is 5.15. The summed E-state index contributed by atoms with van der Waals surface area (Å²) in [4.78, 5) is 10.5. The first-order valence-electron chi connectivity index (χ1n) is 5.11. The molecule has 0 aliphatic carbocycles. The number of carboxylic acids is 1. The minimum absolute atomic E-state index is 0.528. The largest absolute Gasteiger partial charge is 0.480 e. The Morgan fingerprint density at radius 3 is 3.07 bits per heavy atom. The average Bonchev–Trinajstić information content (AvgIpc) is 2.62. The van der Waals surface area contributed by atoms with E-state index in [-0.39, 0.29) is 0 Å². The minimum Gasteiger partial charge on any atom is -0.480 e. The van der Waals surface area contributed by atoms with Crippen molar-refractivity contribution in [2.75, 3.05) is 0 Å². The highest BCUT2D eigenvalue weighted by Crippen LogP contribution is 1.99. The molecule has 5 nitrogen and oxygen atoms in total. The van der Waals surface area contributed by atoms with Gasteiger partial charge in [0.25, 0.3) is 0 Å². The third kappa shape index (κ3) is 3.71. The number of hydrogen-bond acceptors (Lipinski definition) is 3. The van der Waals surface area contributed by atoms with Gasteiger partial charge in [-0.3, -0.25) is 9.48 Å². The standard InChI is InChI=1S/C10H17N3O2/c1-3-4-13-7-9(6-12-13)5-11-8(2)10(14)15/h6-8,11H,3-5H2,1-2H3,(H,14,15). The van der Waals surface area contributed by atoms with Crippen LogP contribution in [0.3, 0.4) is 0 Å². The van der Waals surface area contributed by atoms with Gasteiger partial charge in [0.1, 0.15) is 6.04 Å². The van der Waals surface area contributed by atoms with Gasteiger partial charge in [-0.2, -0.15) is 5.10 Å². The number of carbonyl (C=O) groups is 1. The zero-order valence-electron chi connectivity index (χ0n) is 9.10. The molecule has 0 aromatic carbocycles. The Kier molecular flexibility index (Phi) is 4.30. The van der Waals surface area contributed by atoms with Crippen molar-refractivity contribution in [2.24, 2.45) is 0 Å². The summed E-state index contributed by atoms with van der Waals surface area (Å²) in [6.07, 6.45) is 4.74. The van der Waals surface area contributed by atoms with Crippen molar-refractivity contribution in [3.05, 3.63) is 18.0 Å². The van der Waals surface area contributed by atoms with E-state index in [1.807, 2.05) is 10.9 Å². The smallest absolute Gasteiger partial charge is 0.320 e. The molecule has 0 spiro atoms. The van der Waals surface area contributed by atoms with Crippen LogP contribution < -0.4 is 5.32 Å². The van der Waals surface area contributed by atoms with E-state index in [4.69, 9.17) is 5.11 Å². The Labute approximate surface area is 89.1 Å². The fraction of sp³-hybridized carbons (Fsp3) is 0.600. The molecule has 84 valence electrons. The van der Waals surface area contributed by atoms with Crippen LogP contribution in [0, 0.1) is 0 Å². The van der Waals surface area contributed by atoms with Crippen LogP contribution in [-0.2, 0) is 17.9 Å². The van der Waals surface area contributed by atoms with Gasteiger partial charge in [-0.25, -0.2) is 0 Å². The number of aliphatic carboxylic acids is 1. The second kappa shape index (κ2) is 5.50. The number of aryl methyl sites for hydroxylation is 1. The lowest BCUT2D eigenvalue weighted by Gasteiger charge is -2.06. The second-order valence-electron chi connectivity index (χ2n) is 3.55. The summed E-state index contributed by atoms with van der Waals surface area (Å²) < 4.78 is 1.86. The van der Waals surface area contributed by atoms with E-state index < -0.39 is 12.0 Å². The summed E-state index contributed by atoms with van der Waals surface area (Å²) in [6, 6.07) is -0.528. The first-order valence-corrected chi connectivity index (χ1v) is 5.11. The van der Waals surface area contributed by atoms with Crippen molar-refractivity contribution < 1.29 is 9.90 Å². The molecule has 0 saturated heterocycles. The normalized spacial score (nSPS) is 12.7. The number of carboxylic acid groups (broad SMARTS) is 1. The molecule has 2 N–H and O–H groups in total. The van der Waals surface area contributed by atoms with Gasteiger partial charge in [0.15, 0.2) is 0 Å². The van der Waals surface area contributed by atoms with Crippen molar-refractivity contribution in [2.45, 2.75) is 39.4 Å². The average molecular weight is 211 g/mol. The molecule has 1 rings (SSSR count). The van der Waals surface area contributed by atoms with Crippen LogP contribution in [0.2, 0.25) is 0 Å². The summed E-state index contributed by atoms with van der Waals surface area (Å²) >= 11 is 0. The van der Waals surface area contributed by atoms with E-state index in [1.54, 1.807) is 13.1 Å². The zero-order chi connectivity index (χ0) is 11.3. The predicted molar refractivity (Wildman–Crippen MR) is 56.5 cm³/mol. The Balaban J connectivity index is 2.40. The van der Waals surface area contributed by atoms with Crippen LogP contribution in [0.25, 0.3) is 0 Å². The lowest BCUT2D eigenvalue weighted by molar-refractivity contribution is -0.139. The number of nitrogens with zero attached hydrogens (tertiary/aromatic N) is 2. The highest BCUT2D eigenvalue weighted by molar-refractivity contribution is 5.72. The quantitative estimate of drug-likeness (QED) is 0.732. The molecule has 1 aromatic rings. The molecular weight excluding hydrogens is 194 g/mol. The van der Waals surface area contributed by atoms with Crippen molar-refractivity contribution in [3.8, 4) is 0 Å². The molecule has 0 radical (unpaired) electrons. The van der Waals surface area contributed by atoms with Gasteiger partial charge < -0.3 is 10.4 Å². The van der Waals surface area contributed by atoms with Crippen molar-refractivity contribution in [3.63, 3.8) is 0 Å². The van der Waals surface area contributed by atoms with Crippen molar-refractivity contribution in [1.29, 1.82) is 0 Å². The van der Waals surface area contributed by atoms with E-state index in [1.165, 1.54) is 0 Å². The van der Waals surface area contributed by atoms with Crippen molar-refractivity contribution in [1.82, 2.24) is 15.1 Å². The molecule has 0 aliphatic heterocycles. The van der Waals surface area contributed by atoms with Crippen LogP contribution >= 0.6 is 0 Å². The van der Waals surface area contributed by atoms with Crippen molar-refractivity contribution >= 4 is 5.97 Å². The summed E-state index contributed by atoms with van der Waals surface area (Å²) in [5.74, 6) is -0.837. The van der Waals surface area contributed by atoms with Crippen LogP contribution in [0.15, 0.2) is 12.4 Å². The molecule has 0 amide bonds. The first kappa shape index (κ1) is 11.7. The Morgan fingerprint density at radius 1 is 1.73 bits per heavy atom. The molecule has 15 heavy (non-hydrogen) atoms. The maximum Gasteiger partial charge on any atom is 0.320 e. The van der Waals surface area contributed by atoms with Gasteiger partial charge in [0.05, 0.1) is 6.20 Å². The third-order valence-corrected chi connectivity index (χ3v) is 2.12. The van der Waals surface area contributed by atoms with Crippen LogP contribution in [0.1, 0.15) is 25.8 Å². The Morgan fingerprint density at radius 2 is 2.47 bits per heavy atom. The zero-order valence-corrected chi connectivity index (χ0v) is 9.10. The monoisotopic (exact) mass is 211 g/mol. The molecule has 0 aliphatic rings. The molecule has 0 bridgehead atoms. The topological polar surface area (TPSA) is 67.2 Å². The highest BCUT2D eigenvalue weighted by atomic mass is 16.4. The number of hydrogen-bond donors (Lipinski definition) is 2. The summed E-state index contributed by atoms with van der Waals surface area (Å²) in [5.41, 5.74) is 1.01. The maximum absolute atomic E-state index is 10.5. The fourth-order valence-corrected chi connectivity index (χ4v) is 1.21. The van der Waals surface area contributed by atoms with E-state index in [0.717, 1.165) is 18.5 Å². The van der Waals surface area contributed by atoms with E-state index in [0.29, 0.717) is 6.54 Å². The molecule has 5 heteroatoms.